The SMILES string of the molecule is CCC(C)CN(CC)c1ccc(CNC)cn1. The maximum atomic E-state index is 4.54. The molecule has 0 fully saturated rings. The van der Waals surface area contributed by atoms with Gasteiger partial charge in [0.1, 0.15) is 5.82 Å². The van der Waals surface area contributed by atoms with Crippen molar-refractivity contribution < 1.29 is 0 Å². The molecule has 0 aliphatic heterocycles. The average Bonchev–Trinajstić information content (AvgIpc) is 2.37. The molecule has 0 bridgehead atoms. The molecule has 3 heteroatoms. The van der Waals surface area contributed by atoms with Gasteiger partial charge in [-0.3, -0.25) is 0 Å². The van der Waals surface area contributed by atoms with E-state index in [0.29, 0.717) is 5.92 Å². The van der Waals surface area contributed by atoms with Gasteiger partial charge in [-0.25, -0.2) is 4.98 Å². The molecule has 0 saturated carbocycles. The van der Waals surface area contributed by atoms with Crippen LogP contribution in [0, 0.1) is 5.92 Å². The molecule has 0 amide bonds. The summed E-state index contributed by atoms with van der Waals surface area (Å²) in [7, 11) is 1.95. The molecule has 96 valence electrons. The molecule has 3 nitrogen and oxygen atoms in total. The van der Waals surface area contributed by atoms with Crippen LogP contribution in [0.1, 0.15) is 32.8 Å². The van der Waals surface area contributed by atoms with E-state index in [-0.39, 0.29) is 0 Å². The Kier molecular flexibility index (Phi) is 5.98. The lowest BCUT2D eigenvalue weighted by molar-refractivity contribution is 0.545. The van der Waals surface area contributed by atoms with Crippen LogP contribution < -0.4 is 10.2 Å². The maximum absolute atomic E-state index is 4.54. The molecule has 1 aromatic heterocycles. The van der Waals surface area contributed by atoms with Crippen molar-refractivity contribution in [1.29, 1.82) is 0 Å². The topological polar surface area (TPSA) is 28.2 Å². The van der Waals surface area contributed by atoms with Crippen molar-refractivity contribution in [1.82, 2.24) is 10.3 Å². The number of nitrogens with zero attached hydrogens (tertiary/aromatic N) is 2. The highest BCUT2D eigenvalue weighted by Gasteiger charge is 2.09. The van der Waals surface area contributed by atoms with Crippen molar-refractivity contribution in [2.45, 2.75) is 33.7 Å². The first kappa shape index (κ1) is 14.0. The second kappa shape index (κ2) is 7.28. The fraction of sp³-hybridized carbons (Fsp3) is 0.643. The van der Waals surface area contributed by atoms with Gasteiger partial charge in [0.05, 0.1) is 0 Å². The van der Waals surface area contributed by atoms with Crippen LogP contribution >= 0.6 is 0 Å². The number of hydrogen-bond donors (Lipinski definition) is 1. The van der Waals surface area contributed by atoms with Gasteiger partial charge >= 0.3 is 0 Å². The maximum Gasteiger partial charge on any atom is 0.128 e. The van der Waals surface area contributed by atoms with E-state index < -0.39 is 0 Å². The minimum atomic E-state index is 0.716. The Morgan fingerprint density at radius 2 is 2.12 bits per heavy atom. The molecule has 1 unspecified atom stereocenters. The summed E-state index contributed by atoms with van der Waals surface area (Å²) in [5, 5.41) is 3.13. The number of anilines is 1. The monoisotopic (exact) mass is 235 g/mol. The lowest BCUT2D eigenvalue weighted by atomic mass is 10.1. The lowest BCUT2D eigenvalue weighted by Crippen LogP contribution is -2.28. The second-order valence-corrected chi connectivity index (χ2v) is 4.61. The van der Waals surface area contributed by atoms with Gasteiger partial charge in [0, 0.05) is 25.8 Å². The molecule has 1 N–H and O–H groups in total. The Morgan fingerprint density at radius 3 is 2.59 bits per heavy atom. The summed E-state index contributed by atoms with van der Waals surface area (Å²) in [6, 6.07) is 4.27. The number of nitrogens with one attached hydrogen (secondary N) is 1. The summed E-state index contributed by atoms with van der Waals surface area (Å²) >= 11 is 0. The lowest BCUT2D eigenvalue weighted by Gasteiger charge is -2.25. The Bertz CT molecular complexity index is 308. The molecule has 17 heavy (non-hydrogen) atoms. The molecule has 1 heterocycles. The van der Waals surface area contributed by atoms with Gasteiger partial charge in [-0.1, -0.05) is 26.3 Å². The second-order valence-electron chi connectivity index (χ2n) is 4.61. The zero-order chi connectivity index (χ0) is 12.7. The quantitative estimate of drug-likeness (QED) is 0.787. The first-order valence-electron chi connectivity index (χ1n) is 6.55. The van der Waals surface area contributed by atoms with Crippen LogP contribution in [0.15, 0.2) is 18.3 Å². The van der Waals surface area contributed by atoms with E-state index in [4.69, 9.17) is 0 Å². The highest BCUT2D eigenvalue weighted by molar-refractivity contribution is 5.39. The molecule has 0 saturated heterocycles. The molecule has 1 rings (SSSR count). The molecule has 1 atom stereocenters. The van der Waals surface area contributed by atoms with Crippen molar-refractivity contribution in [3.63, 3.8) is 0 Å². The summed E-state index contributed by atoms with van der Waals surface area (Å²) in [5.74, 6) is 1.81. The van der Waals surface area contributed by atoms with Crippen molar-refractivity contribution in [2.24, 2.45) is 5.92 Å². The average molecular weight is 235 g/mol. The van der Waals surface area contributed by atoms with Gasteiger partial charge in [0.15, 0.2) is 0 Å². The predicted octanol–water partition coefficient (Wildman–Crippen LogP) is 2.67. The van der Waals surface area contributed by atoms with E-state index in [1.165, 1.54) is 12.0 Å². The summed E-state index contributed by atoms with van der Waals surface area (Å²) in [5.41, 5.74) is 1.23. The smallest absolute Gasteiger partial charge is 0.128 e. The summed E-state index contributed by atoms with van der Waals surface area (Å²) in [6.45, 7) is 9.70. The highest BCUT2D eigenvalue weighted by atomic mass is 15.2. The summed E-state index contributed by atoms with van der Waals surface area (Å²) in [4.78, 5) is 6.89. The Hall–Kier alpha value is -1.09. The molecule has 0 aliphatic carbocycles. The van der Waals surface area contributed by atoms with Crippen molar-refractivity contribution >= 4 is 5.82 Å². The number of rotatable bonds is 7. The van der Waals surface area contributed by atoms with Gasteiger partial charge in [-0.15, -0.1) is 0 Å². The molecular formula is C14H25N3. The molecule has 0 aliphatic rings. The van der Waals surface area contributed by atoms with Gasteiger partial charge < -0.3 is 10.2 Å². The van der Waals surface area contributed by atoms with Crippen LogP contribution in [0.5, 0.6) is 0 Å². The van der Waals surface area contributed by atoms with E-state index in [9.17, 15) is 0 Å². The van der Waals surface area contributed by atoms with Gasteiger partial charge in [0.25, 0.3) is 0 Å². The largest absolute Gasteiger partial charge is 0.357 e. The minimum absolute atomic E-state index is 0.716. The first-order valence-corrected chi connectivity index (χ1v) is 6.55. The van der Waals surface area contributed by atoms with Crippen LogP contribution in [0.2, 0.25) is 0 Å². The summed E-state index contributed by atoms with van der Waals surface area (Å²) < 4.78 is 0. The third-order valence-electron chi connectivity index (χ3n) is 3.12. The predicted molar refractivity (Wildman–Crippen MR) is 74.3 cm³/mol. The van der Waals surface area contributed by atoms with E-state index in [0.717, 1.165) is 25.5 Å². The molecular weight excluding hydrogens is 210 g/mol. The summed E-state index contributed by atoms with van der Waals surface area (Å²) in [6.07, 6.45) is 3.18. The third-order valence-corrected chi connectivity index (χ3v) is 3.12. The molecule has 0 aromatic carbocycles. The van der Waals surface area contributed by atoms with Crippen molar-refractivity contribution in [2.75, 3.05) is 25.0 Å². The molecule has 0 spiro atoms. The van der Waals surface area contributed by atoms with E-state index in [1.807, 2.05) is 13.2 Å². The molecule has 1 aromatic rings. The van der Waals surface area contributed by atoms with Crippen molar-refractivity contribution in [3.05, 3.63) is 23.9 Å². The Labute approximate surface area is 105 Å². The zero-order valence-corrected chi connectivity index (χ0v) is 11.5. The number of pyridine rings is 1. The van der Waals surface area contributed by atoms with Crippen LogP contribution in [-0.4, -0.2) is 25.1 Å². The van der Waals surface area contributed by atoms with E-state index in [1.54, 1.807) is 0 Å². The van der Waals surface area contributed by atoms with Crippen LogP contribution in [0.25, 0.3) is 0 Å². The fourth-order valence-electron chi connectivity index (χ4n) is 1.80. The van der Waals surface area contributed by atoms with Crippen LogP contribution in [0.3, 0.4) is 0 Å². The number of aromatic nitrogens is 1. The molecule has 0 radical (unpaired) electrons. The Morgan fingerprint density at radius 1 is 1.35 bits per heavy atom. The van der Waals surface area contributed by atoms with Crippen LogP contribution in [0.4, 0.5) is 5.82 Å². The van der Waals surface area contributed by atoms with Crippen LogP contribution in [-0.2, 0) is 6.54 Å². The number of hydrogen-bond acceptors (Lipinski definition) is 3. The van der Waals surface area contributed by atoms with Crippen molar-refractivity contribution in [3.8, 4) is 0 Å². The first-order chi connectivity index (χ1) is 8.21. The van der Waals surface area contributed by atoms with Gasteiger partial charge in [-0.2, -0.15) is 0 Å². The Balaban J connectivity index is 2.68. The minimum Gasteiger partial charge on any atom is -0.357 e. The zero-order valence-electron chi connectivity index (χ0n) is 11.5. The normalized spacial score (nSPS) is 12.5. The van der Waals surface area contributed by atoms with E-state index in [2.05, 4.69) is 48.1 Å². The van der Waals surface area contributed by atoms with E-state index >= 15 is 0 Å². The highest BCUT2D eigenvalue weighted by Crippen LogP contribution is 2.14. The standard InChI is InChI=1S/C14H25N3/c1-5-12(3)11-17(6-2)14-8-7-13(9-15-4)10-16-14/h7-8,10,12,15H,5-6,9,11H2,1-4H3. The van der Waals surface area contributed by atoms with Gasteiger partial charge in [0.2, 0.25) is 0 Å². The fourth-order valence-corrected chi connectivity index (χ4v) is 1.80. The van der Waals surface area contributed by atoms with Gasteiger partial charge in [-0.05, 0) is 31.5 Å². The third kappa shape index (κ3) is 4.35.